The van der Waals surface area contributed by atoms with Gasteiger partial charge in [0.25, 0.3) is 5.56 Å². The molecule has 1 saturated heterocycles. The lowest BCUT2D eigenvalue weighted by atomic mass is 10.0. The van der Waals surface area contributed by atoms with E-state index in [2.05, 4.69) is 15.2 Å². The third-order valence-electron chi connectivity index (χ3n) is 5.49. The third kappa shape index (κ3) is 3.25. The van der Waals surface area contributed by atoms with Crippen molar-refractivity contribution >= 4 is 16.9 Å². The molecule has 7 nitrogen and oxygen atoms in total. The lowest BCUT2D eigenvalue weighted by Gasteiger charge is -2.35. The fourth-order valence-electron chi connectivity index (χ4n) is 3.91. The highest BCUT2D eigenvalue weighted by Gasteiger charge is 2.26. The molecule has 1 atom stereocenters. The second-order valence-corrected chi connectivity index (χ2v) is 7.36. The second-order valence-electron chi connectivity index (χ2n) is 7.36. The number of anilines is 1. The maximum Gasteiger partial charge on any atom is 0.255 e. The first-order valence-corrected chi connectivity index (χ1v) is 9.73. The molecule has 1 unspecified atom stereocenters. The number of fused-ring (bicyclic) bond motifs is 1. The second kappa shape index (κ2) is 7.38. The molecular formula is C22H20FN5O2. The highest BCUT2D eigenvalue weighted by Crippen LogP contribution is 2.30. The van der Waals surface area contributed by atoms with E-state index in [0.29, 0.717) is 36.9 Å². The van der Waals surface area contributed by atoms with Gasteiger partial charge in [-0.1, -0.05) is 0 Å². The molecule has 152 valence electrons. The Bertz CT molecular complexity index is 1270. The zero-order valence-corrected chi connectivity index (χ0v) is 16.4. The molecule has 30 heavy (non-hydrogen) atoms. The van der Waals surface area contributed by atoms with Gasteiger partial charge in [-0.3, -0.25) is 14.3 Å². The minimum Gasteiger partial charge on any atom is -0.464 e. The van der Waals surface area contributed by atoms with E-state index in [9.17, 15) is 9.18 Å². The summed E-state index contributed by atoms with van der Waals surface area (Å²) in [5.41, 5.74) is 2.83. The molecule has 4 heterocycles. The number of benzene rings is 1. The SMILES string of the molecule is Cn1c(N2CCNC(c3coc4cc(F)ccc34)C2)nc(-c2ccncc2)cc1=O. The average Bonchev–Trinajstić information content (AvgIpc) is 3.19. The van der Waals surface area contributed by atoms with E-state index in [1.54, 1.807) is 36.3 Å². The summed E-state index contributed by atoms with van der Waals surface area (Å²) >= 11 is 0. The molecule has 0 radical (unpaired) electrons. The Kier molecular flexibility index (Phi) is 4.55. The van der Waals surface area contributed by atoms with Crippen LogP contribution in [0, 0.1) is 5.82 Å². The number of hydrogen-bond donors (Lipinski definition) is 1. The van der Waals surface area contributed by atoms with Crippen molar-refractivity contribution in [2.75, 3.05) is 24.5 Å². The molecule has 0 aliphatic carbocycles. The van der Waals surface area contributed by atoms with Crippen LogP contribution < -0.4 is 15.8 Å². The number of aromatic nitrogens is 3. The van der Waals surface area contributed by atoms with E-state index in [0.717, 1.165) is 16.5 Å². The normalized spacial score (nSPS) is 16.9. The minimum atomic E-state index is -0.325. The molecule has 1 aliphatic heterocycles. The van der Waals surface area contributed by atoms with Gasteiger partial charge in [0, 0.05) is 67.7 Å². The molecule has 0 bridgehead atoms. The Labute approximate surface area is 171 Å². The summed E-state index contributed by atoms with van der Waals surface area (Å²) in [5.74, 6) is 0.286. The summed E-state index contributed by atoms with van der Waals surface area (Å²) < 4.78 is 20.6. The van der Waals surface area contributed by atoms with Crippen molar-refractivity contribution in [3.63, 3.8) is 0 Å². The van der Waals surface area contributed by atoms with Crippen LogP contribution in [0.4, 0.5) is 10.3 Å². The lowest BCUT2D eigenvalue weighted by Crippen LogP contribution is -2.47. The predicted octanol–water partition coefficient (Wildman–Crippen LogP) is 2.88. The number of pyridine rings is 1. The molecule has 1 fully saturated rings. The number of hydrogen-bond acceptors (Lipinski definition) is 6. The van der Waals surface area contributed by atoms with Crippen molar-refractivity contribution < 1.29 is 8.81 Å². The van der Waals surface area contributed by atoms with Crippen molar-refractivity contribution in [1.82, 2.24) is 19.9 Å². The fourth-order valence-corrected chi connectivity index (χ4v) is 3.91. The van der Waals surface area contributed by atoms with Gasteiger partial charge in [0.2, 0.25) is 5.95 Å². The molecule has 1 aromatic carbocycles. The van der Waals surface area contributed by atoms with Crippen molar-refractivity contribution in [2.45, 2.75) is 6.04 Å². The van der Waals surface area contributed by atoms with Crippen LogP contribution in [0.2, 0.25) is 0 Å². The average molecular weight is 405 g/mol. The molecule has 1 N–H and O–H groups in total. The van der Waals surface area contributed by atoms with Gasteiger partial charge in [0.15, 0.2) is 0 Å². The topological polar surface area (TPSA) is 76.2 Å². The number of nitrogens with zero attached hydrogens (tertiary/aromatic N) is 4. The maximum atomic E-state index is 13.5. The lowest BCUT2D eigenvalue weighted by molar-refractivity contribution is 0.459. The molecule has 8 heteroatoms. The van der Waals surface area contributed by atoms with Crippen LogP contribution in [0.1, 0.15) is 11.6 Å². The molecule has 3 aromatic heterocycles. The van der Waals surface area contributed by atoms with E-state index in [1.807, 2.05) is 12.1 Å². The number of rotatable bonds is 3. The minimum absolute atomic E-state index is 0.0352. The van der Waals surface area contributed by atoms with Crippen LogP contribution in [0.25, 0.3) is 22.2 Å². The first-order valence-electron chi connectivity index (χ1n) is 9.73. The van der Waals surface area contributed by atoms with Crippen LogP contribution in [0.15, 0.2) is 64.3 Å². The first-order chi connectivity index (χ1) is 14.6. The van der Waals surface area contributed by atoms with Crippen LogP contribution in [0.3, 0.4) is 0 Å². The molecule has 5 rings (SSSR count). The molecule has 0 spiro atoms. The summed E-state index contributed by atoms with van der Waals surface area (Å²) in [5, 5.41) is 4.37. The summed E-state index contributed by atoms with van der Waals surface area (Å²) in [6, 6.07) is 9.74. The van der Waals surface area contributed by atoms with Gasteiger partial charge < -0.3 is 14.6 Å². The summed E-state index contributed by atoms with van der Waals surface area (Å²) in [4.78, 5) is 23.5. The summed E-state index contributed by atoms with van der Waals surface area (Å²) in [6.45, 7) is 2.03. The van der Waals surface area contributed by atoms with E-state index in [4.69, 9.17) is 9.40 Å². The van der Waals surface area contributed by atoms with Crippen molar-refractivity contribution in [3.8, 4) is 11.3 Å². The standard InChI is InChI=1S/C22H20FN5O2/c1-27-21(29)11-18(14-4-6-24-7-5-14)26-22(27)28-9-8-25-19(12-28)17-13-30-20-10-15(23)2-3-16(17)20/h2-7,10-11,13,19,25H,8-9,12H2,1H3. The van der Waals surface area contributed by atoms with Gasteiger partial charge in [0.05, 0.1) is 18.0 Å². The largest absolute Gasteiger partial charge is 0.464 e. The molecule has 0 amide bonds. The zero-order chi connectivity index (χ0) is 20.7. The van der Waals surface area contributed by atoms with Gasteiger partial charge in [-0.2, -0.15) is 0 Å². The fraction of sp³-hybridized carbons (Fsp3) is 0.227. The van der Waals surface area contributed by atoms with Gasteiger partial charge in [0.1, 0.15) is 11.4 Å². The quantitative estimate of drug-likeness (QED) is 0.565. The smallest absolute Gasteiger partial charge is 0.255 e. The Balaban J connectivity index is 1.50. The summed E-state index contributed by atoms with van der Waals surface area (Å²) in [6.07, 6.45) is 5.04. The van der Waals surface area contributed by atoms with E-state index in [1.165, 1.54) is 18.2 Å². The maximum absolute atomic E-state index is 13.5. The molecular weight excluding hydrogens is 385 g/mol. The van der Waals surface area contributed by atoms with Gasteiger partial charge in [-0.15, -0.1) is 0 Å². The molecule has 0 saturated carbocycles. The number of nitrogens with one attached hydrogen (secondary N) is 1. The Morgan fingerprint density at radius 1 is 1.20 bits per heavy atom. The van der Waals surface area contributed by atoms with E-state index >= 15 is 0 Å². The van der Waals surface area contributed by atoms with Gasteiger partial charge in [-0.25, -0.2) is 9.37 Å². The predicted molar refractivity (Wildman–Crippen MR) is 112 cm³/mol. The van der Waals surface area contributed by atoms with Crippen molar-refractivity contribution in [3.05, 3.63) is 76.8 Å². The van der Waals surface area contributed by atoms with Gasteiger partial charge >= 0.3 is 0 Å². The molecule has 4 aromatic rings. The van der Waals surface area contributed by atoms with E-state index in [-0.39, 0.29) is 17.4 Å². The van der Waals surface area contributed by atoms with Crippen LogP contribution in [0.5, 0.6) is 0 Å². The Morgan fingerprint density at radius 3 is 2.87 bits per heavy atom. The van der Waals surface area contributed by atoms with Crippen LogP contribution in [-0.4, -0.2) is 34.2 Å². The van der Waals surface area contributed by atoms with Crippen LogP contribution in [-0.2, 0) is 7.05 Å². The third-order valence-corrected chi connectivity index (χ3v) is 5.49. The highest BCUT2D eigenvalue weighted by atomic mass is 19.1. The number of halogens is 1. The molecule has 1 aliphatic rings. The number of furan rings is 1. The first kappa shape index (κ1) is 18.5. The summed E-state index contributed by atoms with van der Waals surface area (Å²) in [7, 11) is 1.73. The van der Waals surface area contributed by atoms with Gasteiger partial charge in [-0.05, 0) is 24.3 Å². The Hall–Kier alpha value is -3.52. The highest BCUT2D eigenvalue weighted by molar-refractivity contribution is 5.81. The monoisotopic (exact) mass is 405 g/mol. The van der Waals surface area contributed by atoms with E-state index < -0.39 is 0 Å². The Morgan fingerprint density at radius 2 is 2.03 bits per heavy atom. The van der Waals surface area contributed by atoms with Crippen molar-refractivity contribution in [1.29, 1.82) is 0 Å². The van der Waals surface area contributed by atoms with Crippen LogP contribution >= 0.6 is 0 Å². The zero-order valence-electron chi connectivity index (χ0n) is 16.4. The van der Waals surface area contributed by atoms with Crippen molar-refractivity contribution in [2.24, 2.45) is 7.05 Å². The number of piperazine rings is 1.